The van der Waals surface area contributed by atoms with Gasteiger partial charge in [0.2, 0.25) is 0 Å². The molecule has 4 rings (SSSR count). The number of hydrogen-bond acceptors (Lipinski definition) is 3. The molecule has 128 valence electrons. The van der Waals surface area contributed by atoms with Gasteiger partial charge in [-0.05, 0) is 18.2 Å². The first kappa shape index (κ1) is 15.6. The summed E-state index contributed by atoms with van der Waals surface area (Å²) in [5.41, 5.74) is 2.89. The van der Waals surface area contributed by atoms with Crippen molar-refractivity contribution in [2.45, 2.75) is 0 Å². The summed E-state index contributed by atoms with van der Waals surface area (Å²) in [6.45, 7) is 3.08. The standard InChI is InChI=1S/C20H21N3O2/c1-25-16-6-4-5-15(13-16)22-9-11-23(12-10-22)20(24)18-14-21-19-8-3-2-7-17(18)19/h2-8,13-14,21H,9-12H2,1H3. The molecule has 2 heterocycles. The van der Waals surface area contributed by atoms with E-state index in [-0.39, 0.29) is 5.91 Å². The fourth-order valence-electron chi connectivity index (χ4n) is 3.39. The summed E-state index contributed by atoms with van der Waals surface area (Å²) in [5.74, 6) is 0.956. The van der Waals surface area contributed by atoms with Crippen LogP contribution in [0.5, 0.6) is 5.75 Å². The number of nitrogens with one attached hydrogen (secondary N) is 1. The quantitative estimate of drug-likeness (QED) is 0.800. The predicted octanol–water partition coefficient (Wildman–Crippen LogP) is 3.14. The molecule has 0 aliphatic carbocycles. The van der Waals surface area contributed by atoms with Crippen molar-refractivity contribution in [2.75, 3.05) is 38.2 Å². The Balaban J connectivity index is 1.47. The number of benzene rings is 2. The number of ether oxygens (including phenoxy) is 1. The molecule has 1 aliphatic rings. The second-order valence-corrected chi connectivity index (χ2v) is 6.23. The summed E-state index contributed by atoms with van der Waals surface area (Å²) in [7, 11) is 1.68. The van der Waals surface area contributed by atoms with E-state index in [2.05, 4.69) is 16.0 Å². The molecule has 1 aliphatic heterocycles. The van der Waals surface area contributed by atoms with Gasteiger partial charge in [0, 0.05) is 55.0 Å². The number of rotatable bonds is 3. The molecule has 0 atom stereocenters. The van der Waals surface area contributed by atoms with Gasteiger partial charge in [0.05, 0.1) is 12.7 Å². The second-order valence-electron chi connectivity index (χ2n) is 6.23. The number of carbonyl (C=O) groups is 1. The van der Waals surface area contributed by atoms with Crippen LogP contribution in [-0.2, 0) is 0 Å². The largest absolute Gasteiger partial charge is 0.497 e. The lowest BCUT2D eigenvalue weighted by Crippen LogP contribution is -2.48. The first-order chi connectivity index (χ1) is 12.3. The van der Waals surface area contributed by atoms with E-state index in [4.69, 9.17) is 4.74 Å². The van der Waals surface area contributed by atoms with Gasteiger partial charge < -0.3 is 19.5 Å². The number of methoxy groups -OCH3 is 1. The predicted molar refractivity (Wildman–Crippen MR) is 99.4 cm³/mol. The third-order valence-electron chi connectivity index (χ3n) is 4.81. The van der Waals surface area contributed by atoms with Gasteiger partial charge >= 0.3 is 0 Å². The first-order valence-corrected chi connectivity index (χ1v) is 8.50. The number of aromatic nitrogens is 1. The molecule has 0 bridgehead atoms. The van der Waals surface area contributed by atoms with Gasteiger partial charge in [-0.2, -0.15) is 0 Å². The maximum atomic E-state index is 12.9. The van der Waals surface area contributed by atoms with Crippen molar-refractivity contribution < 1.29 is 9.53 Å². The molecule has 1 fully saturated rings. The van der Waals surface area contributed by atoms with Crippen molar-refractivity contribution in [1.29, 1.82) is 0 Å². The van der Waals surface area contributed by atoms with E-state index in [1.807, 2.05) is 53.6 Å². The molecular formula is C20H21N3O2. The van der Waals surface area contributed by atoms with Crippen molar-refractivity contribution in [2.24, 2.45) is 0 Å². The Labute approximate surface area is 146 Å². The molecule has 0 radical (unpaired) electrons. The van der Waals surface area contributed by atoms with Gasteiger partial charge in [0.15, 0.2) is 0 Å². The maximum Gasteiger partial charge on any atom is 0.256 e. The van der Waals surface area contributed by atoms with Crippen LogP contribution in [-0.4, -0.2) is 49.1 Å². The molecule has 25 heavy (non-hydrogen) atoms. The zero-order valence-electron chi connectivity index (χ0n) is 14.2. The van der Waals surface area contributed by atoms with Crippen LogP contribution in [0.15, 0.2) is 54.7 Å². The van der Waals surface area contributed by atoms with Gasteiger partial charge in [-0.15, -0.1) is 0 Å². The van der Waals surface area contributed by atoms with Crippen molar-refractivity contribution in [3.05, 3.63) is 60.3 Å². The molecule has 1 saturated heterocycles. The van der Waals surface area contributed by atoms with E-state index in [9.17, 15) is 4.79 Å². The van der Waals surface area contributed by atoms with Gasteiger partial charge in [-0.3, -0.25) is 4.79 Å². The maximum absolute atomic E-state index is 12.9. The number of fused-ring (bicyclic) bond motifs is 1. The minimum Gasteiger partial charge on any atom is -0.497 e. The van der Waals surface area contributed by atoms with E-state index in [0.717, 1.165) is 54.1 Å². The fourth-order valence-corrected chi connectivity index (χ4v) is 3.39. The highest BCUT2D eigenvalue weighted by atomic mass is 16.5. The van der Waals surface area contributed by atoms with Gasteiger partial charge in [0.1, 0.15) is 5.75 Å². The molecule has 0 spiro atoms. The molecule has 0 unspecified atom stereocenters. The van der Waals surface area contributed by atoms with Crippen LogP contribution in [0.1, 0.15) is 10.4 Å². The average molecular weight is 335 g/mol. The highest BCUT2D eigenvalue weighted by molar-refractivity contribution is 6.06. The molecule has 1 amide bonds. The van der Waals surface area contributed by atoms with Crippen molar-refractivity contribution >= 4 is 22.5 Å². The average Bonchev–Trinajstić information content (AvgIpc) is 3.12. The van der Waals surface area contributed by atoms with Crippen molar-refractivity contribution in [3.8, 4) is 5.75 Å². The van der Waals surface area contributed by atoms with Gasteiger partial charge in [-0.1, -0.05) is 24.3 Å². The summed E-state index contributed by atoms with van der Waals surface area (Å²) >= 11 is 0. The van der Waals surface area contributed by atoms with Crippen LogP contribution < -0.4 is 9.64 Å². The SMILES string of the molecule is COc1cccc(N2CCN(C(=O)c3c[nH]c4ccccc34)CC2)c1. The number of para-hydroxylation sites is 1. The Morgan fingerprint density at radius 3 is 2.64 bits per heavy atom. The number of nitrogens with zero attached hydrogens (tertiary/aromatic N) is 2. The van der Waals surface area contributed by atoms with Crippen LogP contribution >= 0.6 is 0 Å². The summed E-state index contributed by atoms with van der Waals surface area (Å²) in [6, 6.07) is 16.0. The Morgan fingerprint density at radius 1 is 1.04 bits per heavy atom. The van der Waals surface area contributed by atoms with Crippen LogP contribution in [0.25, 0.3) is 10.9 Å². The topological polar surface area (TPSA) is 48.6 Å². The summed E-state index contributed by atoms with van der Waals surface area (Å²) < 4.78 is 5.30. The van der Waals surface area contributed by atoms with E-state index in [0.29, 0.717) is 0 Å². The normalized spacial score (nSPS) is 14.8. The molecular weight excluding hydrogens is 314 g/mol. The number of H-pyrrole nitrogens is 1. The molecule has 0 saturated carbocycles. The van der Waals surface area contributed by atoms with Crippen LogP contribution in [0.2, 0.25) is 0 Å². The zero-order valence-corrected chi connectivity index (χ0v) is 14.2. The zero-order chi connectivity index (χ0) is 17.2. The first-order valence-electron chi connectivity index (χ1n) is 8.50. The number of carbonyl (C=O) groups excluding carboxylic acids is 1. The van der Waals surface area contributed by atoms with Crippen molar-refractivity contribution in [3.63, 3.8) is 0 Å². The molecule has 1 aromatic heterocycles. The highest BCUT2D eigenvalue weighted by Crippen LogP contribution is 2.24. The lowest BCUT2D eigenvalue weighted by Gasteiger charge is -2.36. The smallest absolute Gasteiger partial charge is 0.256 e. The summed E-state index contributed by atoms with van der Waals surface area (Å²) in [4.78, 5) is 20.3. The molecule has 3 aromatic rings. The van der Waals surface area contributed by atoms with Crippen LogP contribution in [0, 0.1) is 0 Å². The molecule has 5 nitrogen and oxygen atoms in total. The fraction of sp³-hybridized carbons (Fsp3) is 0.250. The van der Waals surface area contributed by atoms with Crippen LogP contribution in [0.3, 0.4) is 0 Å². The number of amides is 1. The number of piperazine rings is 1. The molecule has 5 heteroatoms. The van der Waals surface area contributed by atoms with Crippen molar-refractivity contribution in [1.82, 2.24) is 9.88 Å². The minimum atomic E-state index is 0.0998. The third-order valence-corrected chi connectivity index (χ3v) is 4.81. The lowest BCUT2D eigenvalue weighted by molar-refractivity contribution is 0.0749. The number of hydrogen-bond donors (Lipinski definition) is 1. The Bertz CT molecular complexity index is 895. The Morgan fingerprint density at radius 2 is 1.84 bits per heavy atom. The highest BCUT2D eigenvalue weighted by Gasteiger charge is 2.24. The monoisotopic (exact) mass is 335 g/mol. The van der Waals surface area contributed by atoms with Crippen LogP contribution in [0.4, 0.5) is 5.69 Å². The Hall–Kier alpha value is -2.95. The third kappa shape index (κ3) is 2.93. The van der Waals surface area contributed by atoms with E-state index in [1.54, 1.807) is 7.11 Å². The van der Waals surface area contributed by atoms with E-state index >= 15 is 0 Å². The summed E-state index contributed by atoms with van der Waals surface area (Å²) in [6.07, 6.45) is 1.82. The molecule has 2 aromatic carbocycles. The van der Waals surface area contributed by atoms with E-state index < -0.39 is 0 Å². The Kier molecular flexibility index (Phi) is 4.06. The number of aromatic amines is 1. The van der Waals surface area contributed by atoms with Gasteiger partial charge in [-0.25, -0.2) is 0 Å². The van der Waals surface area contributed by atoms with E-state index in [1.165, 1.54) is 0 Å². The lowest BCUT2D eigenvalue weighted by atomic mass is 10.1. The second kappa shape index (κ2) is 6.51. The molecule has 1 N–H and O–H groups in total. The summed E-state index contributed by atoms with van der Waals surface area (Å²) in [5, 5.41) is 0.989. The number of anilines is 1. The minimum absolute atomic E-state index is 0.0998. The van der Waals surface area contributed by atoms with Gasteiger partial charge in [0.25, 0.3) is 5.91 Å².